The van der Waals surface area contributed by atoms with Crippen molar-refractivity contribution in [2.75, 3.05) is 0 Å². The van der Waals surface area contributed by atoms with E-state index in [4.69, 9.17) is 0 Å². The minimum atomic E-state index is 0.618. The van der Waals surface area contributed by atoms with Gasteiger partial charge in [-0.3, -0.25) is 9.59 Å². The quantitative estimate of drug-likeness (QED) is 0.666. The first kappa shape index (κ1) is 11.4. The first-order chi connectivity index (χ1) is 9.28. The van der Waals surface area contributed by atoms with E-state index in [1.165, 1.54) is 0 Å². The second-order valence-electron chi connectivity index (χ2n) is 4.34. The fraction of sp³-hybridized carbons (Fsp3) is 0. The Balaban J connectivity index is 2.54. The number of rotatable bonds is 3. The Hall–Kier alpha value is -2.68. The zero-order valence-electron chi connectivity index (χ0n) is 10.2. The van der Waals surface area contributed by atoms with E-state index < -0.39 is 0 Å². The van der Waals surface area contributed by atoms with Crippen LogP contribution in [0.15, 0.2) is 43.0 Å². The highest BCUT2D eigenvalue weighted by molar-refractivity contribution is 6.11. The van der Waals surface area contributed by atoms with Crippen LogP contribution in [-0.4, -0.2) is 17.1 Å². The Labute approximate surface area is 109 Å². The summed E-state index contributed by atoms with van der Waals surface area (Å²) in [6, 6.07) is 11.0. The number of fused-ring (bicyclic) bond motifs is 3. The van der Waals surface area contributed by atoms with Crippen molar-refractivity contribution in [3.8, 4) is 0 Å². The van der Waals surface area contributed by atoms with E-state index in [-0.39, 0.29) is 0 Å². The van der Waals surface area contributed by atoms with Gasteiger partial charge >= 0.3 is 0 Å². The van der Waals surface area contributed by atoms with Crippen molar-refractivity contribution < 1.29 is 9.59 Å². The fourth-order valence-corrected chi connectivity index (χ4v) is 2.43. The Bertz CT molecular complexity index is 762. The largest absolute Gasteiger partial charge is 0.317 e. The van der Waals surface area contributed by atoms with Gasteiger partial charge in [-0.05, 0) is 36.4 Å². The molecule has 0 unspecified atom stereocenters. The minimum absolute atomic E-state index is 0.618. The Morgan fingerprint density at radius 3 is 1.68 bits per heavy atom. The summed E-state index contributed by atoms with van der Waals surface area (Å²) in [5.41, 5.74) is 3.18. The van der Waals surface area contributed by atoms with Crippen LogP contribution in [0.2, 0.25) is 0 Å². The summed E-state index contributed by atoms with van der Waals surface area (Å²) in [6.45, 7) is 3.81. The molecular formula is C16H11NO2. The van der Waals surface area contributed by atoms with E-state index >= 15 is 0 Å². The normalized spacial score (nSPS) is 10.7. The molecule has 0 amide bonds. The van der Waals surface area contributed by atoms with Crippen LogP contribution in [-0.2, 0) is 0 Å². The van der Waals surface area contributed by atoms with Gasteiger partial charge in [-0.2, -0.15) is 0 Å². The molecule has 1 heterocycles. The maximum atomic E-state index is 10.9. The lowest BCUT2D eigenvalue weighted by molar-refractivity contribution is 0.111. The van der Waals surface area contributed by atoms with Crippen LogP contribution >= 0.6 is 0 Å². The van der Waals surface area contributed by atoms with Gasteiger partial charge in [-0.25, -0.2) is 0 Å². The van der Waals surface area contributed by atoms with E-state index in [9.17, 15) is 9.59 Å². The van der Waals surface area contributed by atoms with Crippen molar-refractivity contribution in [2.45, 2.75) is 0 Å². The highest BCUT2D eigenvalue weighted by atomic mass is 16.1. The van der Waals surface area contributed by atoms with Crippen LogP contribution in [0.3, 0.4) is 0 Å². The third-order valence-electron chi connectivity index (χ3n) is 3.31. The van der Waals surface area contributed by atoms with E-state index in [0.29, 0.717) is 11.1 Å². The van der Waals surface area contributed by atoms with Gasteiger partial charge in [0.05, 0.1) is 11.0 Å². The summed E-state index contributed by atoms with van der Waals surface area (Å²) in [4.78, 5) is 21.8. The molecule has 1 aromatic heterocycles. The molecule has 92 valence electrons. The molecule has 0 saturated carbocycles. The second-order valence-corrected chi connectivity index (χ2v) is 4.34. The summed E-state index contributed by atoms with van der Waals surface area (Å²) in [6.07, 6.45) is 3.37. The summed E-state index contributed by atoms with van der Waals surface area (Å²) in [7, 11) is 0. The number of carbonyl (C=O) groups excluding carboxylic acids is 2. The Morgan fingerprint density at radius 2 is 1.32 bits per heavy atom. The highest BCUT2D eigenvalue weighted by Crippen LogP contribution is 2.30. The molecule has 3 aromatic rings. The molecule has 0 aliphatic carbocycles. The number of benzene rings is 2. The van der Waals surface area contributed by atoms with Crippen molar-refractivity contribution in [3.63, 3.8) is 0 Å². The van der Waals surface area contributed by atoms with Crippen LogP contribution in [0, 0.1) is 0 Å². The molecule has 0 atom stereocenters. The lowest BCUT2D eigenvalue weighted by Crippen LogP contribution is -1.85. The number of hydrogen-bond donors (Lipinski definition) is 0. The molecule has 0 aliphatic heterocycles. The lowest BCUT2D eigenvalue weighted by Gasteiger charge is -1.98. The minimum Gasteiger partial charge on any atom is -0.317 e. The maximum Gasteiger partial charge on any atom is 0.150 e. The zero-order valence-corrected chi connectivity index (χ0v) is 10.2. The molecule has 0 spiro atoms. The zero-order chi connectivity index (χ0) is 13.4. The molecule has 0 radical (unpaired) electrons. The molecule has 0 bridgehead atoms. The SMILES string of the molecule is C=Cn1c2ccc(C=O)cc2c2cc(C=O)ccc21. The Kier molecular flexibility index (Phi) is 2.53. The van der Waals surface area contributed by atoms with Crippen LogP contribution in [0.4, 0.5) is 0 Å². The molecule has 0 N–H and O–H groups in total. The monoisotopic (exact) mass is 249 g/mol. The standard InChI is InChI=1S/C16H11NO2/c1-2-17-15-5-3-11(9-18)7-13(15)14-8-12(10-19)4-6-16(14)17/h2-10H,1H2. The van der Waals surface area contributed by atoms with E-state index in [2.05, 4.69) is 6.58 Å². The lowest BCUT2D eigenvalue weighted by atomic mass is 10.1. The number of aromatic nitrogens is 1. The Morgan fingerprint density at radius 1 is 0.842 bits per heavy atom. The summed E-state index contributed by atoms with van der Waals surface area (Å²) >= 11 is 0. The van der Waals surface area contributed by atoms with Gasteiger partial charge in [0, 0.05) is 28.1 Å². The molecule has 0 saturated heterocycles. The molecule has 0 fully saturated rings. The molecule has 2 aromatic carbocycles. The molecular weight excluding hydrogens is 238 g/mol. The smallest absolute Gasteiger partial charge is 0.150 e. The van der Waals surface area contributed by atoms with Crippen LogP contribution in [0.5, 0.6) is 0 Å². The van der Waals surface area contributed by atoms with Crippen molar-refractivity contribution >= 4 is 40.6 Å². The van der Waals surface area contributed by atoms with E-state index in [1.54, 1.807) is 18.3 Å². The van der Waals surface area contributed by atoms with E-state index in [0.717, 1.165) is 34.4 Å². The van der Waals surface area contributed by atoms with Crippen molar-refractivity contribution in [1.82, 2.24) is 4.57 Å². The first-order valence-electron chi connectivity index (χ1n) is 5.89. The number of aldehydes is 2. The van der Waals surface area contributed by atoms with E-state index in [1.807, 2.05) is 28.8 Å². The summed E-state index contributed by atoms with van der Waals surface area (Å²) < 4.78 is 1.95. The van der Waals surface area contributed by atoms with Gasteiger partial charge in [0.25, 0.3) is 0 Å². The molecule has 3 heteroatoms. The topological polar surface area (TPSA) is 39.1 Å². The molecule has 19 heavy (non-hydrogen) atoms. The van der Waals surface area contributed by atoms with Crippen LogP contribution < -0.4 is 0 Å². The van der Waals surface area contributed by atoms with Gasteiger partial charge in [-0.1, -0.05) is 6.58 Å². The number of carbonyl (C=O) groups is 2. The summed E-state index contributed by atoms with van der Waals surface area (Å²) in [5.74, 6) is 0. The first-order valence-corrected chi connectivity index (χ1v) is 5.89. The van der Waals surface area contributed by atoms with Gasteiger partial charge in [0.1, 0.15) is 12.6 Å². The summed E-state index contributed by atoms with van der Waals surface area (Å²) in [5, 5.41) is 1.89. The van der Waals surface area contributed by atoms with Crippen molar-refractivity contribution in [3.05, 3.63) is 54.1 Å². The van der Waals surface area contributed by atoms with Gasteiger partial charge < -0.3 is 4.57 Å². The maximum absolute atomic E-state index is 10.9. The molecule has 0 aliphatic rings. The van der Waals surface area contributed by atoms with Crippen molar-refractivity contribution in [1.29, 1.82) is 0 Å². The van der Waals surface area contributed by atoms with Gasteiger partial charge in [-0.15, -0.1) is 0 Å². The van der Waals surface area contributed by atoms with Crippen molar-refractivity contribution in [2.24, 2.45) is 0 Å². The van der Waals surface area contributed by atoms with Gasteiger partial charge in [0.15, 0.2) is 0 Å². The third kappa shape index (κ3) is 1.59. The predicted octanol–water partition coefficient (Wildman–Crippen LogP) is 3.52. The number of hydrogen-bond acceptors (Lipinski definition) is 2. The molecule has 3 nitrogen and oxygen atoms in total. The molecule has 3 rings (SSSR count). The number of nitrogens with zero attached hydrogens (tertiary/aromatic N) is 1. The second kappa shape index (κ2) is 4.21. The predicted molar refractivity (Wildman–Crippen MR) is 76.6 cm³/mol. The van der Waals surface area contributed by atoms with Crippen LogP contribution in [0.25, 0.3) is 28.0 Å². The average molecular weight is 249 g/mol. The van der Waals surface area contributed by atoms with Crippen LogP contribution in [0.1, 0.15) is 20.7 Å². The van der Waals surface area contributed by atoms with Gasteiger partial charge in [0.2, 0.25) is 0 Å². The highest BCUT2D eigenvalue weighted by Gasteiger charge is 2.10. The fourth-order valence-electron chi connectivity index (χ4n) is 2.43. The third-order valence-corrected chi connectivity index (χ3v) is 3.31. The average Bonchev–Trinajstić information content (AvgIpc) is 2.79.